The van der Waals surface area contributed by atoms with Crippen LogP contribution in [0, 0.1) is 10.1 Å². The van der Waals surface area contributed by atoms with Crippen molar-refractivity contribution in [3.05, 3.63) is 39.4 Å². The van der Waals surface area contributed by atoms with E-state index in [0.717, 1.165) is 18.4 Å². The molecule has 1 rings (SSSR count). The van der Waals surface area contributed by atoms with E-state index < -0.39 is 10.9 Å². The maximum Gasteiger partial charge on any atom is 0.342 e. The zero-order chi connectivity index (χ0) is 11.4. The van der Waals surface area contributed by atoms with E-state index in [2.05, 4.69) is 0 Å². The number of aromatic carboxylic acids is 1. The minimum absolute atomic E-state index is 0.244. The highest BCUT2D eigenvalue weighted by molar-refractivity contribution is 5.92. The lowest BCUT2D eigenvalue weighted by molar-refractivity contribution is -0.385. The number of rotatable bonds is 4. The SMILES string of the molecule is CCCc1ccc([N+](=O)[O-])c(C(=O)O)c1. The van der Waals surface area contributed by atoms with Gasteiger partial charge in [-0.15, -0.1) is 0 Å². The van der Waals surface area contributed by atoms with E-state index in [4.69, 9.17) is 5.11 Å². The van der Waals surface area contributed by atoms with Gasteiger partial charge in [0, 0.05) is 6.07 Å². The lowest BCUT2D eigenvalue weighted by atomic mass is 10.1. The molecule has 0 aliphatic rings. The molecule has 0 spiro atoms. The average molecular weight is 209 g/mol. The summed E-state index contributed by atoms with van der Waals surface area (Å²) in [7, 11) is 0. The van der Waals surface area contributed by atoms with Crippen LogP contribution in [0.3, 0.4) is 0 Å². The summed E-state index contributed by atoms with van der Waals surface area (Å²) in [6.07, 6.45) is 1.59. The molecule has 0 bridgehead atoms. The van der Waals surface area contributed by atoms with E-state index >= 15 is 0 Å². The van der Waals surface area contributed by atoms with E-state index in [0.29, 0.717) is 0 Å². The number of benzene rings is 1. The maximum absolute atomic E-state index is 10.8. The molecule has 80 valence electrons. The van der Waals surface area contributed by atoms with Crippen LogP contribution in [0.2, 0.25) is 0 Å². The fourth-order valence-electron chi connectivity index (χ4n) is 1.36. The molecule has 0 heterocycles. The van der Waals surface area contributed by atoms with Gasteiger partial charge < -0.3 is 5.11 Å². The molecule has 0 atom stereocenters. The average Bonchev–Trinajstić information content (AvgIpc) is 2.17. The second-order valence-corrected chi connectivity index (χ2v) is 3.16. The molecule has 15 heavy (non-hydrogen) atoms. The van der Waals surface area contributed by atoms with Gasteiger partial charge in [-0.2, -0.15) is 0 Å². The van der Waals surface area contributed by atoms with E-state index in [1.807, 2.05) is 6.92 Å². The Morgan fingerprint density at radius 1 is 1.53 bits per heavy atom. The summed E-state index contributed by atoms with van der Waals surface area (Å²) < 4.78 is 0. The Morgan fingerprint density at radius 3 is 2.67 bits per heavy atom. The molecule has 0 aliphatic carbocycles. The van der Waals surface area contributed by atoms with Crippen molar-refractivity contribution >= 4 is 11.7 Å². The number of carbonyl (C=O) groups is 1. The number of nitro groups is 1. The van der Waals surface area contributed by atoms with Crippen molar-refractivity contribution < 1.29 is 14.8 Å². The molecule has 1 aromatic rings. The first-order valence-corrected chi connectivity index (χ1v) is 4.57. The summed E-state index contributed by atoms with van der Waals surface area (Å²) in [6, 6.07) is 4.20. The van der Waals surface area contributed by atoms with Crippen molar-refractivity contribution in [3.8, 4) is 0 Å². The van der Waals surface area contributed by atoms with Gasteiger partial charge in [0.2, 0.25) is 0 Å². The Hall–Kier alpha value is -1.91. The lowest BCUT2D eigenvalue weighted by Crippen LogP contribution is -2.03. The van der Waals surface area contributed by atoms with Crippen LogP contribution in [-0.4, -0.2) is 16.0 Å². The molecule has 0 saturated heterocycles. The molecule has 5 heteroatoms. The van der Waals surface area contributed by atoms with Crippen LogP contribution in [-0.2, 0) is 6.42 Å². The van der Waals surface area contributed by atoms with Crippen molar-refractivity contribution in [1.29, 1.82) is 0 Å². The highest BCUT2D eigenvalue weighted by Crippen LogP contribution is 2.20. The largest absolute Gasteiger partial charge is 0.477 e. The number of carboxylic acid groups (broad SMARTS) is 1. The second-order valence-electron chi connectivity index (χ2n) is 3.16. The van der Waals surface area contributed by atoms with Crippen LogP contribution >= 0.6 is 0 Å². The highest BCUT2D eigenvalue weighted by atomic mass is 16.6. The smallest absolute Gasteiger partial charge is 0.342 e. The minimum Gasteiger partial charge on any atom is -0.477 e. The Bertz CT molecular complexity index is 400. The molecule has 0 aliphatic heterocycles. The number of nitrogens with zero attached hydrogens (tertiary/aromatic N) is 1. The van der Waals surface area contributed by atoms with Crippen molar-refractivity contribution in [3.63, 3.8) is 0 Å². The van der Waals surface area contributed by atoms with E-state index in [-0.39, 0.29) is 11.3 Å². The first-order chi connectivity index (χ1) is 7.06. The third-order valence-corrected chi connectivity index (χ3v) is 2.03. The van der Waals surface area contributed by atoms with Gasteiger partial charge in [-0.05, 0) is 18.1 Å². The summed E-state index contributed by atoms with van der Waals surface area (Å²) in [6.45, 7) is 1.96. The number of hydrogen-bond donors (Lipinski definition) is 1. The van der Waals surface area contributed by atoms with Crippen molar-refractivity contribution in [2.24, 2.45) is 0 Å². The zero-order valence-corrected chi connectivity index (χ0v) is 8.27. The van der Waals surface area contributed by atoms with Crippen LogP contribution in [0.4, 0.5) is 5.69 Å². The topological polar surface area (TPSA) is 80.4 Å². The molecule has 0 fully saturated rings. The van der Waals surface area contributed by atoms with Crippen LogP contribution in [0.15, 0.2) is 18.2 Å². The summed E-state index contributed by atoms with van der Waals surface area (Å²) >= 11 is 0. The third kappa shape index (κ3) is 2.52. The monoisotopic (exact) mass is 209 g/mol. The molecule has 0 unspecified atom stereocenters. The van der Waals surface area contributed by atoms with Gasteiger partial charge in [-0.3, -0.25) is 10.1 Å². The number of carboxylic acids is 1. The van der Waals surface area contributed by atoms with Crippen molar-refractivity contribution in [2.75, 3.05) is 0 Å². The van der Waals surface area contributed by atoms with Gasteiger partial charge in [-0.25, -0.2) is 4.79 Å². The van der Waals surface area contributed by atoms with E-state index in [1.54, 1.807) is 6.07 Å². The fourth-order valence-corrected chi connectivity index (χ4v) is 1.36. The standard InChI is InChI=1S/C10H11NO4/c1-2-3-7-4-5-9(11(14)15)8(6-7)10(12)13/h4-6H,2-3H2,1H3,(H,12,13). The van der Waals surface area contributed by atoms with Crippen LogP contribution < -0.4 is 0 Å². The second kappa shape index (κ2) is 4.54. The quantitative estimate of drug-likeness (QED) is 0.609. The van der Waals surface area contributed by atoms with Crippen LogP contribution in [0.25, 0.3) is 0 Å². The highest BCUT2D eigenvalue weighted by Gasteiger charge is 2.19. The summed E-state index contributed by atoms with van der Waals surface area (Å²) in [5.41, 5.74) is 0.203. The minimum atomic E-state index is -1.26. The molecule has 5 nitrogen and oxygen atoms in total. The maximum atomic E-state index is 10.8. The summed E-state index contributed by atoms with van der Waals surface area (Å²) in [5.74, 6) is -1.26. The lowest BCUT2D eigenvalue weighted by Gasteiger charge is -2.01. The van der Waals surface area contributed by atoms with Crippen LogP contribution in [0.1, 0.15) is 29.3 Å². The van der Waals surface area contributed by atoms with E-state index in [9.17, 15) is 14.9 Å². The normalized spacial score (nSPS) is 9.93. The van der Waals surface area contributed by atoms with Gasteiger partial charge in [0.15, 0.2) is 0 Å². The third-order valence-electron chi connectivity index (χ3n) is 2.03. The molecular formula is C10H11NO4. The predicted octanol–water partition coefficient (Wildman–Crippen LogP) is 2.25. The summed E-state index contributed by atoms with van der Waals surface area (Å²) in [4.78, 5) is 20.6. The first kappa shape index (κ1) is 11.2. The zero-order valence-electron chi connectivity index (χ0n) is 8.27. The number of aryl methyl sites for hydroxylation is 1. The van der Waals surface area contributed by atoms with Gasteiger partial charge in [-0.1, -0.05) is 19.4 Å². The fraction of sp³-hybridized carbons (Fsp3) is 0.300. The Kier molecular flexibility index (Phi) is 3.38. The van der Waals surface area contributed by atoms with Gasteiger partial charge in [0.1, 0.15) is 5.56 Å². The van der Waals surface area contributed by atoms with Gasteiger partial charge >= 0.3 is 5.97 Å². The summed E-state index contributed by atoms with van der Waals surface area (Å²) in [5, 5.41) is 19.3. The Balaban J connectivity index is 3.21. The first-order valence-electron chi connectivity index (χ1n) is 4.57. The Morgan fingerprint density at radius 2 is 2.20 bits per heavy atom. The molecule has 0 radical (unpaired) electrons. The van der Waals surface area contributed by atoms with Gasteiger partial charge in [0.05, 0.1) is 4.92 Å². The Labute approximate surface area is 86.5 Å². The van der Waals surface area contributed by atoms with Crippen molar-refractivity contribution in [1.82, 2.24) is 0 Å². The molecule has 0 amide bonds. The molecule has 0 aromatic heterocycles. The molecule has 1 aromatic carbocycles. The van der Waals surface area contributed by atoms with E-state index in [1.165, 1.54) is 12.1 Å². The molecule has 1 N–H and O–H groups in total. The molecule has 0 saturated carbocycles. The van der Waals surface area contributed by atoms with Gasteiger partial charge in [0.25, 0.3) is 5.69 Å². The predicted molar refractivity (Wildman–Crippen MR) is 54.1 cm³/mol. The number of nitro benzene ring substituents is 1. The van der Waals surface area contributed by atoms with Crippen LogP contribution in [0.5, 0.6) is 0 Å². The van der Waals surface area contributed by atoms with Crippen molar-refractivity contribution in [2.45, 2.75) is 19.8 Å². The molecular weight excluding hydrogens is 198 g/mol. The number of hydrogen-bond acceptors (Lipinski definition) is 3.